The van der Waals surface area contributed by atoms with Gasteiger partial charge in [0.2, 0.25) is 5.91 Å². The molecular formula is C13H13N3O4S. The zero-order valence-electron chi connectivity index (χ0n) is 11.1. The first-order valence-corrected chi connectivity index (χ1v) is 7.41. The Morgan fingerprint density at radius 2 is 2.29 bits per heavy atom. The molecule has 0 bridgehead atoms. The maximum Gasteiger partial charge on any atom is 0.326 e. The number of aromatic nitrogens is 2. The molecule has 0 spiro atoms. The molecule has 3 heterocycles. The maximum atomic E-state index is 12.2. The molecule has 7 nitrogen and oxygen atoms in total. The van der Waals surface area contributed by atoms with Gasteiger partial charge in [-0.15, -0.1) is 11.3 Å². The van der Waals surface area contributed by atoms with Crippen LogP contribution in [0.4, 0.5) is 0 Å². The average Bonchev–Trinajstić information content (AvgIpc) is 3.09. The Bertz CT molecular complexity index is 766. The second kappa shape index (κ2) is 5.28. The van der Waals surface area contributed by atoms with Crippen molar-refractivity contribution >= 4 is 33.4 Å². The fraction of sp³-hybridized carbons (Fsp3) is 0.385. The van der Waals surface area contributed by atoms with E-state index >= 15 is 0 Å². The van der Waals surface area contributed by atoms with Crippen LogP contribution < -0.4 is 5.56 Å². The zero-order valence-corrected chi connectivity index (χ0v) is 11.9. The van der Waals surface area contributed by atoms with Crippen molar-refractivity contribution in [2.24, 2.45) is 0 Å². The summed E-state index contributed by atoms with van der Waals surface area (Å²) in [5.74, 6) is -1.36. The number of amides is 1. The summed E-state index contributed by atoms with van der Waals surface area (Å²) in [5.41, 5.74) is -0.277. The van der Waals surface area contributed by atoms with Crippen LogP contribution in [0, 0.1) is 0 Å². The monoisotopic (exact) mass is 307 g/mol. The van der Waals surface area contributed by atoms with Crippen LogP contribution in [0.1, 0.15) is 12.8 Å². The van der Waals surface area contributed by atoms with Crippen LogP contribution in [0.5, 0.6) is 0 Å². The van der Waals surface area contributed by atoms with E-state index in [1.807, 2.05) is 0 Å². The summed E-state index contributed by atoms with van der Waals surface area (Å²) in [4.78, 5) is 41.6. The number of hydrogen-bond donors (Lipinski definition) is 1. The van der Waals surface area contributed by atoms with E-state index in [4.69, 9.17) is 5.11 Å². The van der Waals surface area contributed by atoms with E-state index in [9.17, 15) is 14.4 Å². The predicted molar refractivity (Wildman–Crippen MR) is 76.3 cm³/mol. The van der Waals surface area contributed by atoms with Gasteiger partial charge in [-0.1, -0.05) is 0 Å². The molecule has 0 aliphatic carbocycles. The number of hydrogen-bond acceptors (Lipinski definition) is 5. The van der Waals surface area contributed by atoms with Crippen LogP contribution >= 0.6 is 11.3 Å². The third-order valence-electron chi connectivity index (χ3n) is 3.61. The lowest BCUT2D eigenvalue weighted by atomic mass is 10.2. The van der Waals surface area contributed by atoms with Gasteiger partial charge in [-0.2, -0.15) is 0 Å². The van der Waals surface area contributed by atoms with Gasteiger partial charge in [-0.05, 0) is 24.3 Å². The van der Waals surface area contributed by atoms with E-state index in [2.05, 4.69) is 4.98 Å². The third-order valence-corrected chi connectivity index (χ3v) is 4.43. The highest BCUT2D eigenvalue weighted by Gasteiger charge is 2.33. The molecule has 1 aliphatic rings. The van der Waals surface area contributed by atoms with E-state index in [-0.39, 0.29) is 18.0 Å². The second-order valence-electron chi connectivity index (χ2n) is 4.90. The van der Waals surface area contributed by atoms with Gasteiger partial charge >= 0.3 is 5.97 Å². The van der Waals surface area contributed by atoms with Gasteiger partial charge in [0.15, 0.2) is 0 Å². The van der Waals surface area contributed by atoms with Crippen LogP contribution in [0.2, 0.25) is 0 Å². The molecule has 0 saturated carbocycles. The van der Waals surface area contributed by atoms with Crippen molar-refractivity contribution in [3.63, 3.8) is 0 Å². The smallest absolute Gasteiger partial charge is 0.326 e. The highest BCUT2D eigenvalue weighted by Crippen LogP contribution is 2.18. The minimum Gasteiger partial charge on any atom is -0.480 e. The summed E-state index contributed by atoms with van der Waals surface area (Å²) in [6, 6.07) is 0.887. The van der Waals surface area contributed by atoms with Crippen molar-refractivity contribution in [2.75, 3.05) is 6.54 Å². The molecule has 2 aromatic heterocycles. The lowest BCUT2D eigenvalue weighted by Gasteiger charge is -2.21. The maximum absolute atomic E-state index is 12.2. The summed E-state index contributed by atoms with van der Waals surface area (Å²) in [5, 5.41) is 11.3. The van der Waals surface area contributed by atoms with Crippen molar-refractivity contribution in [1.82, 2.24) is 14.5 Å². The fourth-order valence-electron chi connectivity index (χ4n) is 2.56. The van der Waals surface area contributed by atoms with Crippen molar-refractivity contribution < 1.29 is 14.7 Å². The minimum atomic E-state index is -1.00. The molecule has 8 heteroatoms. The highest BCUT2D eigenvalue weighted by molar-refractivity contribution is 7.16. The minimum absolute atomic E-state index is 0.179. The number of fused-ring (bicyclic) bond motifs is 1. The number of carboxylic acids is 1. The zero-order chi connectivity index (χ0) is 15.0. The summed E-state index contributed by atoms with van der Waals surface area (Å²) in [6.07, 6.45) is 2.46. The number of nitrogens with zero attached hydrogens (tertiary/aromatic N) is 3. The first-order chi connectivity index (χ1) is 10.1. The number of carboxylic acid groups (broad SMARTS) is 1. The van der Waals surface area contributed by atoms with Gasteiger partial charge in [-0.25, -0.2) is 9.78 Å². The Labute approximate surface area is 123 Å². The molecule has 1 fully saturated rings. The SMILES string of the molecule is O=C(O)[C@@H]1CCCN1C(=O)Cn1cnc2sccc2c1=O. The molecular weight excluding hydrogens is 294 g/mol. The van der Waals surface area contributed by atoms with Crippen molar-refractivity contribution in [2.45, 2.75) is 25.4 Å². The second-order valence-corrected chi connectivity index (χ2v) is 5.80. The van der Waals surface area contributed by atoms with Crippen LogP contribution in [0.25, 0.3) is 10.2 Å². The molecule has 2 aromatic rings. The number of carbonyl (C=O) groups excluding carboxylic acids is 1. The molecule has 21 heavy (non-hydrogen) atoms. The van der Waals surface area contributed by atoms with Crippen LogP contribution in [-0.4, -0.2) is 44.0 Å². The molecule has 0 radical (unpaired) electrons. The lowest BCUT2D eigenvalue weighted by Crippen LogP contribution is -2.43. The van der Waals surface area contributed by atoms with E-state index < -0.39 is 12.0 Å². The van der Waals surface area contributed by atoms with Gasteiger partial charge in [0.25, 0.3) is 5.56 Å². The molecule has 1 aliphatic heterocycles. The number of thiophene rings is 1. The van der Waals surface area contributed by atoms with E-state index in [0.29, 0.717) is 29.6 Å². The molecule has 0 unspecified atom stereocenters. The van der Waals surface area contributed by atoms with Gasteiger partial charge in [0, 0.05) is 6.54 Å². The van der Waals surface area contributed by atoms with Crippen molar-refractivity contribution in [1.29, 1.82) is 0 Å². The lowest BCUT2D eigenvalue weighted by molar-refractivity contribution is -0.148. The van der Waals surface area contributed by atoms with Gasteiger partial charge in [0.1, 0.15) is 17.4 Å². The van der Waals surface area contributed by atoms with Crippen LogP contribution in [-0.2, 0) is 16.1 Å². The summed E-state index contributed by atoms with van der Waals surface area (Å²) in [6.45, 7) is 0.236. The quantitative estimate of drug-likeness (QED) is 0.893. The third kappa shape index (κ3) is 2.42. The molecule has 1 amide bonds. The largest absolute Gasteiger partial charge is 0.480 e. The molecule has 3 rings (SSSR count). The van der Waals surface area contributed by atoms with E-state index in [1.165, 1.54) is 27.1 Å². The molecule has 0 aromatic carbocycles. The van der Waals surface area contributed by atoms with Crippen LogP contribution in [0.15, 0.2) is 22.6 Å². The Kier molecular flexibility index (Phi) is 3.46. The first kappa shape index (κ1) is 13.7. The Balaban J connectivity index is 1.85. The summed E-state index contributed by atoms with van der Waals surface area (Å²) < 4.78 is 1.23. The standard InChI is InChI=1S/C13H13N3O4S/c17-10(16-4-1-2-9(16)13(19)20)6-15-7-14-11-8(12(15)18)3-5-21-11/h3,5,7,9H,1-2,4,6H2,(H,19,20)/t9-/m0/s1. The van der Waals surface area contributed by atoms with Gasteiger partial charge < -0.3 is 10.0 Å². The van der Waals surface area contributed by atoms with Crippen LogP contribution in [0.3, 0.4) is 0 Å². The van der Waals surface area contributed by atoms with E-state index in [0.717, 1.165) is 0 Å². The normalized spacial score (nSPS) is 18.3. The predicted octanol–water partition coefficient (Wildman–Crippen LogP) is 0.534. The Hall–Kier alpha value is -2.22. The van der Waals surface area contributed by atoms with Crippen molar-refractivity contribution in [3.05, 3.63) is 28.1 Å². The number of likely N-dealkylation sites (tertiary alicyclic amines) is 1. The Morgan fingerprint density at radius 1 is 1.48 bits per heavy atom. The Morgan fingerprint density at radius 3 is 3.05 bits per heavy atom. The molecule has 1 saturated heterocycles. The van der Waals surface area contributed by atoms with Gasteiger partial charge in [0.05, 0.1) is 11.7 Å². The van der Waals surface area contributed by atoms with Crippen molar-refractivity contribution in [3.8, 4) is 0 Å². The fourth-order valence-corrected chi connectivity index (χ4v) is 3.29. The molecule has 1 atom stereocenters. The van der Waals surface area contributed by atoms with E-state index in [1.54, 1.807) is 11.4 Å². The first-order valence-electron chi connectivity index (χ1n) is 6.53. The number of rotatable bonds is 3. The number of aliphatic carboxylic acids is 1. The van der Waals surface area contributed by atoms with Gasteiger partial charge in [-0.3, -0.25) is 14.2 Å². The summed E-state index contributed by atoms with van der Waals surface area (Å²) in [7, 11) is 0. The highest BCUT2D eigenvalue weighted by atomic mass is 32.1. The topological polar surface area (TPSA) is 92.5 Å². The number of carbonyl (C=O) groups is 2. The summed E-state index contributed by atoms with van der Waals surface area (Å²) >= 11 is 1.36. The average molecular weight is 307 g/mol. The molecule has 110 valence electrons. The molecule has 1 N–H and O–H groups in total.